The van der Waals surface area contributed by atoms with Crippen molar-refractivity contribution in [2.45, 2.75) is 34.0 Å². The summed E-state index contributed by atoms with van der Waals surface area (Å²) in [5.74, 6) is -1.43. The zero-order chi connectivity index (χ0) is 16.5. The summed E-state index contributed by atoms with van der Waals surface area (Å²) in [7, 11) is 0. The molecule has 0 atom stereocenters. The number of benzene rings is 1. The van der Waals surface area contributed by atoms with Gasteiger partial charge in [-0.2, -0.15) is 0 Å². The second kappa shape index (κ2) is 9.17. The van der Waals surface area contributed by atoms with Crippen LogP contribution in [0.2, 0.25) is 0 Å². The minimum Gasteiger partial charge on any atom is -0.351 e. The maximum Gasteiger partial charge on any atom is 0.313 e. The fraction of sp³-hybridized carbons (Fsp3) is 0.500. The third-order valence-electron chi connectivity index (χ3n) is 3.19. The summed E-state index contributed by atoms with van der Waals surface area (Å²) in [6.07, 6.45) is -0.549. The van der Waals surface area contributed by atoms with E-state index in [-0.39, 0.29) is 6.54 Å². The molecule has 6 nitrogen and oxygen atoms in total. The van der Waals surface area contributed by atoms with Crippen LogP contribution in [0, 0.1) is 13.8 Å². The average molecular weight is 308 g/mol. The lowest BCUT2D eigenvalue weighted by molar-refractivity contribution is -0.145. The van der Waals surface area contributed by atoms with Crippen LogP contribution in [0.1, 0.15) is 25.0 Å². The number of ether oxygens (including phenoxy) is 2. The van der Waals surface area contributed by atoms with Gasteiger partial charge in [0.15, 0.2) is 6.29 Å². The van der Waals surface area contributed by atoms with Crippen molar-refractivity contribution in [1.82, 2.24) is 5.32 Å². The van der Waals surface area contributed by atoms with Gasteiger partial charge in [-0.15, -0.1) is 0 Å². The predicted molar refractivity (Wildman–Crippen MR) is 84.6 cm³/mol. The van der Waals surface area contributed by atoms with Crippen LogP contribution in [0.4, 0.5) is 5.69 Å². The van der Waals surface area contributed by atoms with Crippen LogP contribution in [0.5, 0.6) is 0 Å². The number of hydrogen-bond acceptors (Lipinski definition) is 4. The quantitative estimate of drug-likeness (QED) is 0.594. The normalized spacial score (nSPS) is 10.6. The Morgan fingerprint density at radius 1 is 1.09 bits per heavy atom. The number of anilines is 1. The van der Waals surface area contributed by atoms with E-state index in [0.717, 1.165) is 11.1 Å². The highest BCUT2D eigenvalue weighted by Crippen LogP contribution is 2.17. The predicted octanol–water partition coefficient (Wildman–Crippen LogP) is 1.76. The van der Waals surface area contributed by atoms with Crippen LogP contribution in [-0.2, 0) is 19.1 Å². The molecule has 0 aliphatic rings. The van der Waals surface area contributed by atoms with Crippen LogP contribution < -0.4 is 10.6 Å². The summed E-state index contributed by atoms with van der Waals surface area (Å²) in [6, 6.07) is 5.53. The zero-order valence-electron chi connectivity index (χ0n) is 13.6. The van der Waals surface area contributed by atoms with E-state index < -0.39 is 18.1 Å². The molecule has 1 rings (SSSR count). The Morgan fingerprint density at radius 2 is 1.73 bits per heavy atom. The number of nitrogens with one attached hydrogen (secondary N) is 2. The Kier molecular flexibility index (Phi) is 7.56. The molecule has 2 N–H and O–H groups in total. The van der Waals surface area contributed by atoms with Crippen molar-refractivity contribution in [3.8, 4) is 0 Å². The molecule has 0 saturated heterocycles. The highest BCUT2D eigenvalue weighted by Gasteiger charge is 2.17. The first-order chi connectivity index (χ1) is 10.5. The van der Waals surface area contributed by atoms with Crippen LogP contribution in [0.15, 0.2) is 18.2 Å². The van der Waals surface area contributed by atoms with Gasteiger partial charge >= 0.3 is 11.8 Å². The van der Waals surface area contributed by atoms with E-state index in [0.29, 0.717) is 18.9 Å². The summed E-state index contributed by atoms with van der Waals surface area (Å²) in [5.41, 5.74) is 2.61. The van der Waals surface area contributed by atoms with Crippen LogP contribution in [0.3, 0.4) is 0 Å². The molecule has 0 saturated carbocycles. The fourth-order valence-electron chi connectivity index (χ4n) is 1.86. The van der Waals surface area contributed by atoms with Crippen LogP contribution in [0.25, 0.3) is 0 Å². The largest absolute Gasteiger partial charge is 0.351 e. The van der Waals surface area contributed by atoms with Crippen molar-refractivity contribution in [2.24, 2.45) is 0 Å². The minimum atomic E-state index is -0.717. The van der Waals surface area contributed by atoms with E-state index >= 15 is 0 Å². The SMILES string of the molecule is CCOC(CNC(=O)C(=O)Nc1cccc(C)c1C)OCC. The van der Waals surface area contributed by atoms with Crippen molar-refractivity contribution >= 4 is 17.5 Å². The van der Waals surface area contributed by atoms with Gasteiger partial charge in [0.25, 0.3) is 0 Å². The number of amides is 2. The lowest BCUT2D eigenvalue weighted by Gasteiger charge is -2.17. The van der Waals surface area contributed by atoms with Crippen molar-refractivity contribution < 1.29 is 19.1 Å². The number of rotatable bonds is 7. The van der Waals surface area contributed by atoms with E-state index in [4.69, 9.17) is 9.47 Å². The summed E-state index contributed by atoms with van der Waals surface area (Å²) >= 11 is 0. The molecule has 122 valence electrons. The second-order valence-corrected chi connectivity index (χ2v) is 4.75. The Bertz CT molecular complexity index is 511. The Hall–Kier alpha value is -1.92. The standard InChI is InChI=1S/C16H24N2O4/c1-5-21-14(22-6-2)10-17-15(19)16(20)18-13-9-7-8-11(3)12(13)4/h7-9,14H,5-6,10H2,1-4H3,(H,17,19)(H,18,20). The number of aryl methyl sites for hydroxylation is 1. The molecule has 0 radical (unpaired) electrons. The summed E-state index contributed by atoms with van der Waals surface area (Å²) < 4.78 is 10.6. The van der Waals surface area contributed by atoms with Crippen molar-refractivity contribution in [3.05, 3.63) is 29.3 Å². The molecule has 0 aromatic heterocycles. The van der Waals surface area contributed by atoms with Gasteiger partial charge in [-0.3, -0.25) is 9.59 Å². The van der Waals surface area contributed by atoms with Gasteiger partial charge in [0.1, 0.15) is 0 Å². The van der Waals surface area contributed by atoms with E-state index in [2.05, 4.69) is 10.6 Å². The van der Waals surface area contributed by atoms with Gasteiger partial charge in [0, 0.05) is 18.9 Å². The lowest BCUT2D eigenvalue weighted by atomic mass is 10.1. The third kappa shape index (κ3) is 5.46. The number of hydrogen-bond donors (Lipinski definition) is 2. The minimum absolute atomic E-state index is 0.126. The molecule has 0 aliphatic carbocycles. The summed E-state index contributed by atoms with van der Waals surface area (Å²) in [5, 5.41) is 5.11. The molecule has 6 heteroatoms. The Labute approximate surface area is 131 Å². The molecule has 0 bridgehead atoms. The molecule has 0 heterocycles. The van der Waals surface area contributed by atoms with Crippen molar-refractivity contribution in [3.63, 3.8) is 0 Å². The number of carbonyl (C=O) groups is 2. The van der Waals surface area contributed by atoms with E-state index in [1.807, 2.05) is 39.8 Å². The molecule has 0 unspecified atom stereocenters. The third-order valence-corrected chi connectivity index (χ3v) is 3.19. The monoisotopic (exact) mass is 308 g/mol. The molecule has 1 aromatic rings. The first-order valence-corrected chi connectivity index (χ1v) is 7.38. The zero-order valence-corrected chi connectivity index (χ0v) is 13.6. The Morgan fingerprint density at radius 3 is 2.32 bits per heavy atom. The summed E-state index contributed by atoms with van der Waals surface area (Å²) in [4.78, 5) is 23.7. The van der Waals surface area contributed by atoms with Gasteiger partial charge in [-0.05, 0) is 44.9 Å². The van der Waals surface area contributed by atoms with Gasteiger partial charge in [0.05, 0.1) is 6.54 Å². The summed E-state index contributed by atoms with van der Waals surface area (Å²) in [6.45, 7) is 8.57. The Balaban J connectivity index is 2.54. The molecule has 22 heavy (non-hydrogen) atoms. The van der Waals surface area contributed by atoms with Gasteiger partial charge < -0.3 is 20.1 Å². The van der Waals surface area contributed by atoms with Crippen molar-refractivity contribution in [2.75, 3.05) is 25.1 Å². The number of carbonyl (C=O) groups excluding carboxylic acids is 2. The maximum atomic E-state index is 11.9. The van der Waals surface area contributed by atoms with Gasteiger partial charge in [-0.1, -0.05) is 12.1 Å². The molecule has 0 aliphatic heterocycles. The van der Waals surface area contributed by atoms with Gasteiger partial charge in [0.2, 0.25) is 0 Å². The van der Waals surface area contributed by atoms with Gasteiger partial charge in [-0.25, -0.2) is 0 Å². The van der Waals surface area contributed by atoms with Crippen LogP contribution in [-0.4, -0.2) is 37.9 Å². The first-order valence-electron chi connectivity index (χ1n) is 7.38. The smallest absolute Gasteiger partial charge is 0.313 e. The van der Waals surface area contributed by atoms with E-state index in [1.165, 1.54) is 0 Å². The van der Waals surface area contributed by atoms with E-state index in [1.54, 1.807) is 6.07 Å². The molecular weight excluding hydrogens is 284 g/mol. The highest BCUT2D eigenvalue weighted by molar-refractivity contribution is 6.39. The second-order valence-electron chi connectivity index (χ2n) is 4.75. The average Bonchev–Trinajstić information content (AvgIpc) is 2.49. The molecule has 0 fully saturated rings. The molecule has 0 spiro atoms. The highest BCUT2D eigenvalue weighted by atomic mass is 16.7. The van der Waals surface area contributed by atoms with Crippen LogP contribution >= 0.6 is 0 Å². The molecule has 1 aromatic carbocycles. The maximum absolute atomic E-state index is 11.9. The fourth-order valence-corrected chi connectivity index (χ4v) is 1.86. The van der Waals surface area contributed by atoms with Crippen molar-refractivity contribution in [1.29, 1.82) is 0 Å². The topological polar surface area (TPSA) is 76.7 Å². The molecular formula is C16H24N2O4. The first kappa shape index (κ1) is 18.1. The van der Waals surface area contributed by atoms with E-state index in [9.17, 15) is 9.59 Å². The lowest BCUT2D eigenvalue weighted by Crippen LogP contribution is -2.41. The molecule has 2 amide bonds.